The summed E-state index contributed by atoms with van der Waals surface area (Å²) in [5.41, 5.74) is 0. The van der Waals surface area contributed by atoms with Crippen molar-refractivity contribution in [3.8, 4) is 0 Å². The van der Waals surface area contributed by atoms with Gasteiger partial charge in [-0.25, -0.2) is 4.57 Å². The Morgan fingerprint density at radius 2 is 2.11 bits per heavy atom. The maximum atomic E-state index is 9.95. The highest BCUT2D eigenvalue weighted by Gasteiger charge is 2.11. The van der Waals surface area contributed by atoms with E-state index in [1.165, 1.54) is 0 Å². The summed E-state index contributed by atoms with van der Waals surface area (Å²) in [4.78, 5) is 16.2. The average Bonchev–Trinajstić information content (AvgIpc) is 1.63. The minimum Gasteiger partial charge on any atom is -0.303 e. The Labute approximate surface area is 58.9 Å². The van der Waals surface area contributed by atoms with E-state index in [1.807, 2.05) is 0 Å². The number of thiol groups is 1. The summed E-state index contributed by atoms with van der Waals surface area (Å²) >= 11 is 3.82. The Balaban J connectivity index is 3.18. The molecule has 0 aliphatic carbocycles. The fourth-order valence-electron chi connectivity index (χ4n) is 0.248. The molecule has 0 spiro atoms. The highest BCUT2D eigenvalue weighted by Crippen LogP contribution is 2.35. The van der Waals surface area contributed by atoms with Crippen LogP contribution in [0.4, 0.5) is 0 Å². The van der Waals surface area contributed by atoms with Crippen LogP contribution in [0.3, 0.4) is 0 Å². The zero-order valence-electron chi connectivity index (χ0n) is 4.73. The van der Waals surface area contributed by atoms with Crippen LogP contribution in [-0.4, -0.2) is 22.1 Å². The molecule has 0 aliphatic heterocycles. The second-order valence-electron chi connectivity index (χ2n) is 1.40. The van der Waals surface area contributed by atoms with Gasteiger partial charge in [-0.15, -0.1) is 0 Å². The molecule has 0 amide bonds. The van der Waals surface area contributed by atoms with Crippen molar-refractivity contribution < 1.29 is 18.9 Å². The third-order valence-electron chi connectivity index (χ3n) is 0.562. The molecule has 0 rings (SSSR count). The molecule has 0 saturated heterocycles. The molecule has 0 fully saturated rings. The summed E-state index contributed by atoms with van der Waals surface area (Å²) in [6.07, 6.45) is 0.550. The van der Waals surface area contributed by atoms with Gasteiger partial charge in [-0.1, -0.05) is 0 Å². The van der Waals surface area contributed by atoms with Gasteiger partial charge in [-0.3, -0.25) is 4.52 Å². The molecule has 0 atom stereocenters. The molecule has 0 aromatic rings. The van der Waals surface area contributed by atoms with E-state index in [4.69, 9.17) is 9.79 Å². The highest BCUT2D eigenvalue weighted by atomic mass is 32.1. The van der Waals surface area contributed by atoms with E-state index in [0.29, 0.717) is 12.2 Å². The van der Waals surface area contributed by atoms with Crippen LogP contribution in [0.15, 0.2) is 0 Å². The summed E-state index contributed by atoms with van der Waals surface area (Å²) in [6, 6.07) is 0. The first kappa shape index (κ1) is 9.46. The molecule has 0 radical (unpaired) electrons. The predicted molar refractivity (Wildman–Crippen MR) is 36.5 cm³/mol. The molecule has 4 nitrogen and oxygen atoms in total. The van der Waals surface area contributed by atoms with Gasteiger partial charge in [0, 0.05) is 0 Å². The lowest BCUT2D eigenvalue weighted by molar-refractivity contribution is 0.198. The number of phosphoric ester groups is 1. The minimum atomic E-state index is -4.23. The number of rotatable bonds is 4. The molecular formula is C3H9O4PS. The smallest absolute Gasteiger partial charge is 0.303 e. The van der Waals surface area contributed by atoms with Crippen molar-refractivity contribution in [3.05, 3.63) is 0 Å². The van der Waals surface area contributed by atoms with Crippen molar-refractivity contribution in [1.82, 2.24) is 0 Å². The van der Waals surface area contributed by atoms with Crippen LogP contribution >= 0.6 is 20.5 Å². The summed E-state index contributed by atoms with van der Waals surface area (Å²) in [7, 11) is -4.23. The molecule has 0 aliphatic rings. The third kappa shape index (κ3) is 8.46. The van der Waals surface area contributed by atoms with Crippen molar-refractivity contribution >= 4 is 20.5 Å². The monoisotopic (exact) mass is 172 g/mol. The highest BCUT2D eigenvalue weighted by molar-refractivity contribution is 7.80. The first-order chi connectivity index (χ1) is 4.06. The van der Waals surface area contributed by atoms with Crippen LogP contribution in [0.5, 0.6) is 0 Å². The van der Waals surface area contributed by atoms with Gasteiger partial charge in [0.25, 0.3) is 0 Å². The van der Waals surface area contributed by atoms with Crippen molar-refractivity contribution in [1.29, 1.82) is 0 Å². The number of hydrogen-bond donors (Lipinski definition) is 3. The SMILES string of the molecule is O=P(O)(O)OCCCS. The molecule has 0 saturated carbocycles. The average molecular weight is 172 g/mol. The van der Waals surface area contributed by atoms with Crippen LogP contribution < -0.4 is 0 Å². The van der Waals surface area contributed by atoms with E-state index in [-0.39, 0.29) is 6.61 Å². The Hall–Kier alpha value is 0.460. The van der Waals surface area contributed by atoms with Crippen LogP contribution in [-0.2, 0) is 9.09 Å². The predicted octanol–water partition coefficient (Wildman–Crippen LogP) is 0.416. The molecule has 6 heteroatoms. The molecule has 0 unspecified atom stereocenters. The molecule has 0 aromatic carbocycles. The molecular weight excluding hydrogens is 163 g/mol. The molecule has 9 heavy (non-hydrogen) atoms. The van der Waals surface area contributed by atoms with E-state index < -0.39 is 7.82 Å². The van der Waals surface area contributed by atoms with E-state index in [1.54, 1.807) is 0 Å². The van der Waals surface area contributed by atoms with Crippen molar-refractivity contribution in [2.45, 2.75) is 6.42 Å². The Morgan fingerprint density at radius 1 is 1.56 bits per heavy atom. The second-order valence-corrected chi connectivity index (χ2v) is 3.09. The standard InChI is InChI=1S/C3H9O4PS/c4-8(5,6)7-2-1-3-9/h9H,1-3H2,(H2,4,5,6). The van der Waals surface area contributed by atoms with Gasteiger partial charge in [0.1, 0.15) is 0 Å². The van der Waals surface area contributed by atoms with Crippen molar-refractivity contribution in [2.24, 2.45) is 0 Å². The normalized spacial score (nSPS) is 11.9. The topological polar surface area (TPSA) is 66.8 Å². The fourth-order valence-corrected chi connectivity index (χ4v) is 0.744. The second kappa shape index (κ2) is 4.30. The zero-order valence-corrected chi connectivity index (χ0v) is 6.52. The van der Waals surface area contributed by atoms with Gasteiger partial charge in [0.15, 0.2) is 0 Å². The molecule has 0 aromatic heterocycles. The van der Waals surface area contributed by atoms with Gasteiger partial charge >= 0.3 is 7.82 Å². The van der Waals surface area contributed by atoms with E-state index in [0.717, 1.165) is 0 Å². The number of hydrogen-bond acceptors (Lipinski definition) is 3. The summed E-state index contributed by atoms with van der Waals surface area (Å²) < 4.78 is 14.0. The lowest BCUT2D eigenvalue weighted by atomic mass is 10.5. The van der Waals surface area contributed by atoms with Crippen molar-refractivity contribution in [3.63, 3.8) is 0 Å². The number of phosphoric acid groups is 1. The zero-order chi connectivity index (χ0) is 7.33. The lowest BCUT2D eigenvalue weighted by Gasteiger charge is -2.01. The molecule has 0 bridgehead atoms. The van der Waals surface area contributed by atoms with E-state index in [2.05, 4.69) is 17.2 Å². The third-order valence-corrected chi connectivity index (χ3v) is 1.40. The maximum absolute atomic E-state index is 9.95. The summed E-state index contributed by atoms with van der Waals surface area (Å²) in [5.74, 6) is 0.569. The summed E-state index contributed by atoms with van der Waals surface area (Å²) in [6.45, 7) is 0.0633. The van der Waals surface area contributed by atoms with Gasteiger partial charge in [-0.2, -0.15) is 12.6 Å². The van der Waals surface area contributed by atoms with Gasteiger partial charge in [0.05, 0.1) is 6.61 Å². The first-order valence-corrected chi connectivity index (χ1v) is 4.53. The van der Waals surface area contributed by atoms with Gasteiger partial charge < -0.3 is 9.79 Å². The van der Waals surface area contributed by atoms with Gasteiger partial charge in [-0.05, 0) is 12.2 Å². The van der Waals surface area contributed by atoms with Crippen LogP contribution in [0.1, 0.15) is 6.42 Å². The van der Waals surface area contributed by atoms with E-state index >= 15 is 0 Å². The molecule has 56 valence electrons. The van der Waals surface area contributed by atoms with Crippen LogP contribution in [0, 0.1) is 0 Å². The largest absolute Gasteiger partial charge is 0.469 e. The molecule has 0 heterocycles. The first-order valence-electron chi connectivity index (χ1n) is 2.37. The fraction of sp³-hybridized carbons (Fsp3) is 1.00. The Kier molecular flexibility index (Phi) is 4.52. The van der Waals surface area contributed by atoms with Crippen molar-refractivity contribution in [2.75, 3.05) is 12.4 Å². The molecule has 2 N–H and O–H groups in total. The van der Waals surface area contributed by atoms with Gasteiger partial charge in [0.2, 0.25) is 0 Å². The Morgan fingerprint density at radius 3 is 2.44 bits per heavy atom. The summed E-state index contributed by atoms with van der Waals surface area (Å²) in [5, 5.41) is 0. The van der Waals surface area contributed by atoms with Crippen LogP contribution in [0.2, 0.25) is 0 Å². The lowest BCUT2D eigenvalue weighted by Crippen LogP contribution is -1.91. The minimum absolute atomic E-state index is 0.0633. The van der Waals surface area contributed by atoms with E-state index in [9.17, 15) is 4.57 Å². The van der Waals surface area contributed by atoms with Crippen LogP contribution in [0.25, 0.3) is 0 Å². The quantitative estimate of drug-likeness (QED) is 0.326. The maximum Gasteiger partial charge on any atom is 0.469 e. The Bertz CT molecular complexity index is 110.